The molecule has 0 aliphatic heterocycles. The molecular weight excluding hydrogens is 278 g/mol. The molecule has 1 heterocycles. The molecule has 1 rings (SSSR count). The predicted molar refractivity (Wildman–Crippen MR) is 66.5 cm³/mol. The lowest BCUT2D eigenvalue weighted by Crippen LogP contribution is -2.08. The molecule has 0 saturated heterocycles. The molecule has 9 heteroatoms. The van der Waals surface area contributed by atoms with Gasteiger partial charge in [0, 0.05) is 20.1 Å². The van der Waals surface area contributed by atoms with Crippen LogP contribution in [0, 0.1) is 10.1 Å². The Morgan fingerprint density at radius 3 is 2.79 bits per heavy atom. The van der Waals surface area contributed by atoms with Crippen LogP contribution in [0.3, 0.4) is 0 Å². The summed E-state index contributed by atoms with van der Waals surface area (Å²) in [7, 11) is 1.59. The Kier molecular flexibility index (Phi) is 7.01. The minimum atomic E-state index is -0.674. The van der Waals surface area contributed by atoms with Crippen LogP contribution in [0.25, 0.3) is 0 Å². The molecule has 0 amide bonds. The lowest BCUT2D eigenvalue weighted by atomic mass is 10.5. The average Bonchev–Trinajstić information content (AvgIpc) is 2.37. The number of hydrogen-bond donors (Lipinski definition) is 0. The van der Waals surface area contributed by atoms with Crippen LogP contribution in [0.2, 0.25) is 5.15 Å². The first-order valence-electron chi connectivity index (χ1n) is 5.51. The number of halogens is 1. The van der Waals surface area contributed by atoms with Crippen LogP contribution in [0.4, 0.5) is 5.69 Å². The highest BCUT2D eigenvalue weighted by atomic mass is 35.5. The van der Waals surface area contributed by atoms with Gasteiger partial charge in [0.15, 0.2) is 0 Å². The van der Waals surface area contributed by atoms with Crippen LogP contribution in [0.15, 0.2) is 6.33 Å². The van der Waals surface area contributed by atoms with Gasteiger partial charge >= 0.3 is 5.69 Å². The molecule has 0 radical (unpaired) electrons. The van der Waals surface area contributed by atoms with Crippen LogP contribution < -0.4 is 4.74 Å². The van der Waals surface area contributed by atoms with Crippen LogP contribution >= 0.6 is 11.6 Å². The molecule has 0 bridgehead atoms. The van der Waals surface area contributed by atoms with Crippen LogP contribution in [-0.2, 0) is 9.47 Å². The molecule has 19 heavy (non-hydrogen) atoms. The number of nitrogens with zero attached hydrogens (tertiary/aromatic N) is 3. The number of rotatable bonds is 9. The maximum absolute atomic E-state index is 10.8. The van der Waals surface area contributed by atoms with Crippen molar-refractivity contribution in [3.8, 4) is 5.88 Å². The maximum atomic E-state index is 10.8. The summed E-state index contributed by atoms with van der Waals surface area (Å²) in [5.41, 5.74) is -0.426. The van der Waals surface area contributed by atoms with E-state index in [4.69, 9.17) is 25.8 Å². The van der Waals surface area contributed by atoms with Gasteiger partial charge in [-0.3, -0.25) is 10.1 Å². The number of aromatic nitrogens is 2. The Hall–Kier alpha value is -1.51. The molecule has 0 spiro atoms. The van der Waals surface area contributed by atoms with Crippen molar-refractivity contribution in [3.05, 3.63) is 21.6 Å². The van der Waals surface area contributed by atoms with Gasteiger partial charge in [0.25, 0.3) is 5.88 Å². The summed E-state index contributed by atoms with van der Waals surface area (Å²) in [4.78, 5) is 17.3. The molecule has 0 saturated carbocycles. The van der Waals surface area contributed by atoms with Crippen molar-refractivity contribution in [1.82, 2.24) is 9.97 Å². The zero-order chi connectivity index (χ0) is 14.1. The Balaban J connectivity index is 2.37. The lowest BCUT2D eigenvalue weighted by molar-refractivity contribution is -0.386. The van der Waals surface area contributed by atoms with Gasteiger partial charge in [0.1, 0.15) is 6.33 Å². The molecule has 0 aliphatic carbocycles. The third-order valence-electron chi connectivity index (χ3n) is 2.03. The molecule has 0 fully saturated rings. The smallest absolute Gasteiger partial charge is 0.367 e. The molecule has 0 unspecified atom stereocenters. The van der Waals surface area contributed by atoms with Gasteiger partial charge in [-0.2, -0.15) is 4.98 Å². The number of ether oxygens (including phenoxy) is 3. The van der Waals surface area contributed by atoms with Gasteiger partial charge in [0.2, 0.25) is 5.15 Å². The van der Waals surface area contributed by atoms with Gasteiger partial charge < -0.3 is 14.2 Å². The predicted octanol–water partition coefficient (Wildman–Crippen LogP) is 1.47. The average molecular weight is 292 g/mol. The van der Waals surface area contributed by atoms with Crippen LogP contribution in [-0.4, -0.2) is 48.4 Å². The summed E-state index contributed by atoms with van der Waals surface area (Å²) >= 11 is 5.61. The third-order valence-corrected chi connectivity index (χ3v) is 2.31. The summed E-state index contributed by atoms with van der Waals surface area (Å²) in [6.07, 6.45) is 1.68. The Morgan fingerprint density at radius 1 is 1.32 bits per heavy atom. The maximum Gasteiger partial charge on any atom is 0.367 e. The first kappa shape index (κ1) is 15.5. The molecule has 0 aromatic carbocycles. The monoisotopic (exact) mass is 291 g/mol. The minimum Gasteiger partial charge on any atom is -0.473 e. The van der Waals surface area contributed by atoms with Crippen LogP contribution in [0.5, 0.6) is 5.88 Å². The van der Waals surface area contributed by atoms with Gasteiger partial charge in [0.05, 0.1) is 24.7 Å². The van der Waals surface area contributed by atoms with Gasteiger partial charge in [-0.15, -0.1) is 0 Å². The zero-order valence-corrected chi connectivity index (χ0v) is 11.1. The first-order valence-corrected chi connectivity index (χ1v) is 5.89. The van der Waals surface area contributed by atoms with E-state index in [0.29, 0.717) is 26.2 Å². The standard InChI is InChI=1S/C10H14ClN3O5/c1-17-5-6-18-3-2-4-19-10-8(14(15)16)9(11)12-7-13-10/h7H,2-6H2,1H3. The number of nitro groups is 1. The Labute approximate surface area is 114 Å². The first-order chi connectivity index (χ1) is 9.16. The highest BCUT2D eigenvalue weighted by Gasteiger charge is 2.22. The lowest BCUT2D eigenvalue weighted by Gasteiger charge is -2.06. The molecule has 0 aliphatic rings. The fourth-order valence-electron chi connectivity index (χ4n) is 1.18. The quantitative estimate of drug-likeness (QED) is 0.294. The second-order valence-electron chi connectivity index (χ2n) is 3.38. The van der Waals surface area contributed by atoms with Crippen molar-refractivity contribution in [2.75, 3.05) is 33.5 Å². The van der Waals surface area contributed by atoms with E-state index in [-0.39, 0.29) is 17.6 Å². The molecule has 106 valence electrons. The van der Waals surface area contributed by atoms with E-state index < -0.39 is 10.6 Å². The van der Waals surface area contributed by atoms with Gasteiger partial charge in [-0.25, -0.2) is 4.98 Å². The topological polar surface area (TPSA) is 96.6 Å². The normalized spacial score (nSPS) is 10.4. The molecular formula is C10H14ClN3O5. The molecule has 0 N–H and O–H groups in total. The van der Waals surface area contributed by atoms with Crippen molar-refractivity contribution in [2.45, 2.75) is 6.42 Å². The SMILES string of the molecule is COCCOCCCOc1ncnc(Cl)c1[N+](=O)[O-]. The summed E-state index contributed by atoms with van der Waals surface area (Å²) in [5.74, 6) is -0.137. The zero-order valence-electron chi connectivity index (χ0n) is 10.4. The van der Waals surface area contributed by atoms with E-state index in [2.05, 4.69) is 9.97 Å². The van der Waals surface area contributed by atoms with E-state index in [1.54, 1.807) is 7.11 Å². The summed E-state index contributed by atoms with van der Waals surface area (Å²) in [6.45, 7) is 1.72. The molecule has 1 aromatic heterocycles. The van der Waals surface area contributed by atoms with Crippen LogP contribution in [0.1, 0.15) is 6.42 Å². The van der Waals surface area contributed by atoms with Crippen molar-refractivity contribution in [1.29, 1.82) is 0 Å². The number of hydrogen-bond acceptors (Lipinski definition) is 7. The van der Waals surface area contributed by atoms with Gasteiger partial charge in [-0.1, -0.05) is 11.6 Å². The Morgan fingerprint density at radius 2 is 2.11 bits per heavy atom. The fraction of sp³-hybridized carbons (Fsp3) is 0.600. The highest BCUT2D eigenvalue weighted by molar-refractivity contribution is 6.31. The van der Waals surface area contributed by atoms with Crippen molar-refractivity contribution < 1.29 is 19.1 Å². The van der Waals surface area contributed by atoms with Crippen molar-refractivity contribution in [3.63, 3.8) is 0 Å². The largest absolute Gasteiger partial charge is 0.473 e. The summed E-state index contributed by atoms with van der Waals surface area (Å²) in [5, 5.41) is 10.5. The van der Waals surface area contributed by atoms with E-state index in [1.807, 2.05) is 0 Å². The minimum absolute atomic E-state index is 0.137. The highest BCUT2D eigenvalue weighted by Crippen LogP contribution is 2.30. The Bertz CT molecular complexity index is 418. The van der Waals surface area contributed by atoms with Crippen molar-refractivity contribution in [2.24, 2.45) is 0 Å². The van der Waals surface area contributed by atoms with E-state index in [1.165, 1.54) is 0 Å². The van der Waals surface area contributed by atoms with Crippen molar-refractivity contribution >= 4 is 17.3 Å². The third kappa shape index (κ3) is 5.33. The molecule has 0 atom stereocenters. The fourth-order valence-corrected chi connectivity index (χ4v) is 1.37. The summed E-state index contributed by atoms with van der Waals surface area (Å²) in [6, 6.07) is 0. The molecule has 8 nitrogen and oxygen atoms in total. The summed E-state index contributed by atoms with van der Waals surface area (Å²) < 4.78 is 15.2. The van der Waals surface area contributed by atoms with E-state index in [0.717, 1.165) is 6.33 Å². The van der Waals surface area contributed by atoms with E-state index in [9.17, 15) is 10.1 Å². The van der Waals surface area contributed by atoms with Gasteiger partial charge in [-0.05, 0) is 0 Å². The number of methoxy groups -OCH3 is 1. The van der Waals surface area contributed by atoms with E-state index >= 15 is 0 Å². The molecule has 1 aromatic rings. The second kappa shape index (κ2) is 8.57. The second-order valence-corrected chi connectivity index (χ2v) is 3.74.